The van der Waals surface area contributed by atoms with Crippen molar-refractivity contribution < 1.29 is 4.79 Å². The topological polar surface area (TPSA) is 55.2 Å². The fourth-order valence-corrected chi connectivity index (χ4v) is 4.32. The van der Waals surface area contributed by atoms with E-state index in [0.29, 0.717) is 18.5 Å². The fourth-order valence-electron chi connectivity index (χ4n) is 2.88. The van der Waals surface area contributed by atoms with Crippen molar-refractivity contribution in [2.45, 2.75) is 19.6 Å². The molecule has 0 aliphatic rings. The third-order valence-electron chi connectivity index (χ3n) is 4.25. The maximum atomic E-state index is 13.0. The molecule has 0 aliphatic carbocycles. The molecule has 0 aliphatic heterocycles. The summed E-state index contributed by atoms with van der Waals surface area (Å²) in [4.78, 5) is 29.6. The Bertz CT molecular complexity index is 1070. The molecule has 0 bridgehead atoms. The van der Waals surface area contributed by atoms with Crippen LogP contribution >= 0.6 is 22.7 Å². The van der Waals surface area contributed by atoms with Crippen LogP contribution in [0.1, 0.15) is 9.75 Å². The standard InChI is InChI=1S/C20H17N3O2S2/c24-19(14-23-20(25)18-8-2-1-5-15(18)11-21-23)22(12-16-6-3-9-26-16)13-17-7-4-10-27-17/h1-11H,12-14H2. The first kappa shape index (κ1) is 17.6. The first-order valence-electron chi connectivity index (χ1n) is 8.48. The number of rotatable bonds is 6. The second-order valence-corrected chi connectivity index (χ2v) is 8.17. The highest BCUT2D eigenvalue weighted by Gasteiger charge is 2.18. The number of carbonyl (C=O) groups is 1. The van der Waals surface area contributed by atoms with Crippen molar-refractivity contribution in [2.75, 3.05) is 0 Å². The molecular formula is C20H17N3O2S2. The number of aromatic nitrogens is 2. The molecule has 5 nitrogen and oxygen atoms in total. The van der Waals surface area contributed by atoms with Gasteiger partial charge in [0.15, 0.2) is 0 Å². The number of fused-ring (bicyclic) bond motifs is 1. The molecule has 0 spiro atoms. The van der Waals surface area contributed by atoms with Gasteiger partial charge in [-0.3, -0.25) is 9.59 Å². The van der Waals surface area contributed by atoms with E-state index >= 15 is 0 Å². The van der Waals surface area contributed by atoms with Crippen LogP contribution in [-0.4, -0.2) is 20.6 Å². The molecule has 0 saturated carbocycles. The van der Waals surface area contributed by atoms with Gasteiger partial charge in [-0.05, 0) is 29.0 Å². The minimum absolute atomic E-state index is 0.0690. The monoisotopic (exact) mass is 395 g/mol. The molecule has 27 heavy (non-hydrogen) atoms. The summed E-state index contributed by atoms with van der Waals surface area (Å²) >= 11 is 3.24. The first-order valence-corrected chi connectivity index (χ1v) is 10.2. The third-order valence-corrected chi connectivity index (χ3v) is 5.98. The van der Waals surface area contributed by atoms with Crippen LogP contribution in [0, 0.1) is 0 Å². The lowest BCUT2D eigenvalue weighted by Crippen LogP contribution is -2.36. The van der Waals surface area contributed by atoms with Crippen molar-refractivity contribution >= 4 is 39.4 Å². The molecule has 0 saturated heterocycles. The summed E-state index contributed by atoms with van der Waals surface area (Å²) in [5.74, 6) is -0.123. The number of amides is 1. The van der Waals surface area contributed by atoms with Gasteiger partial charge >= 0.3 is 0 Å². The molecule has 0 fully saturated rings. The first-order chi connectivity index (χ1) is 13.2. The molecule has 0 radical (unpaired) electrons. The van der Waals surface area contributed by atoms with Crippen molar-refractivity contribution in [3.05, 3.63) is 85.6 Å². The van der Waals surface area contributed by atoms with Crippen molar-refractivity contribution in [2.24, 2.45) is 0 Å². The zero-order chi connectivity index (χ0) is 18.6. The normalized spacial score (nSPS) is 11.0. The van der Waals surface area contributed by atoms with Gasteiger partial charge in [-0.1, -0.05) is 30.3 Å². The van der Waals surface area contributed by atoms with E-state index in [-0.39, 0.29) is 18.0 Å². The van der Waals surface area contributed by atoms with Gasteiger partial charge in [0.05, 0.1) is 24.7 Å². The molecule has 1 amide bonds. The molecule has 136 valence electrons. The number of thiophene rings is 2. The summed E-state index contributed by atoms with van der Waals surface area (Å²) in [6, 6.07) is 15.3. The molecular weight excluding hydrogens is 378 g/mol. The average Bonchev–Trinajstić information content (AvgIpc) is 3.38. The lowest BCUT2D eigenvalue weighted by molar-refractivity contribution is -0.133. The van der Waals surface area contributed by atoms with Gasteiger partial charge in [0.2, 0.25) is 5.91 Å². The zero-order valence-electron chi connectivity index (χ0n) is 14.4. The molecule has 0 unspecified atom stereocenters. The van der Waals surface area contributed by atoms with E-state index in [0.717, 1.165) is 15.1 Å². The van der Waals surface area contributed by atoms with Crippen LogP contribution < -0.4 is 5.56 Å². The summed E-state index contributed by atoms with van der Waals surface area (Å²) < 4.78 is 1.25. The lowest BCUT2D eigenvalue weighted by Gasteiger charge is -2.22. The Labute approximate surface area is 164 Å². The SMILES string of the molecule is O=C(Cn1ncc2ccccc2c1=O)N(Cc1cccs1)Cc1cccs1. The van der Waals surface area contributed by atoms with E-state index in [1.807, 2.05) is 53.2 Å². The highest BCUT2D eigenvalue weighted by Crippen LogP contribution is 2.17. The Morgan fingerprint density at radius 3 is 2.26 bits per heavy atom. The molecule has 3 aromatic heterocycles. The number of benzene rings is 1. The van der Waals surface area contributed by atoms with Crippen molar-refractivity contribution in [3.63, 3.8) is 0 Å². The number of hydrogen-bond acceptors (Lipinski definition) is 5. The van der Waals surface area contributed by atoms with Gasteiger partial charge in [-0.15, -0.1) is 22.7 Å². The highest BCUT2D eigenvalue weighted by molar-refractivity contribution is 7.10. The van der Waals surface area contributed by atoms with Crippen LogP contribution in [0.5, 0.6) is 0 Å². The summed E-state index contributed by atoms with van der Waals surface area (Å²) in [5.41, 5.74) is -0.242. The van der Waals surface area contributed by atoms with Crippen LogP contribution in [0.2, 0.25) is 0 Å². The Balaban J connectivity index is 1.59. The molecule has 4 aromatic rings. The summed E-state index contributed by atoms with van der Waals surface area (Å²) in [7, 11) is 0. The highest BCUT2D eigenvalue weighted by atomic mass is 32.1. The average molecular weight is 396 g/mol. The minimum atomic E-state index is -0.242. The largest absolute Gasteiger partial charge is 0.331 e. The van der Waals surface area contributed by atoms with Crippen molar-refractivity contribution in [1.82, 2.24) is 14.7 Å². The molecule has 1 aromatic carbocycles. The van der Waals surface area contributed by atoms with Gasteiger partial charge in [0, 0.05) is 15.1 Å². The number of carbonyl (C=O) groups excluding carboxylic acids is 1. The van der Waals surface area contributed by atoms with E-state index in [9.17, 15) is 9.59 Å². The Morgan fingerprint density at radius 2 is 1.63 bits per heavy atom. The molecule has 0 N–H and O–H groups in total. The predicted octanol–water partition coefficient (Wildman–Crippen LogP) is 3.75. The summed E-state index contributed by atoms with van der Waals surface area (Å²) in [6.07, 6.45) is 1.63. The summed E-state index contributed by atoms with van der Waals surface area (Å²) in [5, 5.41) is 9.53. The number of nitrogens with zero attached hydrogens (tertiary/aromatic N) is 3. The van der Waals surface area contributed by atoms with Gasteiger partial charge < -0.3 is 4.90 Å². The van der Waals surface area contributed by atoms with Crippen LogP contribution in [0.3, 0.4) is 0 Å². The lowest BCUT2D eigenvalue weighted by atomic mass is 10.2. The quantitative estimate of drug-likeness (QED) is 0.500. The second kappa shape index (κ2) is 7.85. The van der Waals surface area contributed by atoms with E-state index in [1.165, 1.54) is 4.68 Å². The van der Waals surface area contributed by atoms with E-state index in [4.69, 9.17) is 0 Å². The minimum Gasteiger partial charge on any atom is -0.331 e. The van der Waals surface area contributed by atoms with E-state index < -0.39 is 0 Å². The van der Waals surface area contributed by atoms with E-state index in [2.05, 4.69) is 5.10 Å². The summed E-state index contributed by atoms with van der Waals surface area (Å²) in [6.45, 7) is 0.980. The fraction of sp³-hybridized carbons (Fsp3) is 0.150. The smallest absolute Gasteiger partial charge is 0.275 e. The number of hydrogen-bond donors (Lipinski definition) is 0. The van der Waals surface area contributed by atoms with Crippen molar-refractivity contribution in [1.29, 1.82) is 0 Å². The van der Waals surface area contributed by atoms with Crippen LogP contribution in [0.25, 0.3) is 10.8 Å². The predicted molar refractivity (Wildman–Crippen MR) is 109 cm³/mol. The maximum absolute atomic E-state index is 13.0. The van der Waals surface area contributed by atoms with E-state index in [1.54, 1.807) is 39.8 Å². The van der Waals surface area contributed by atoms with Crippen LogP contribution in [-0.2, 0) is 24.4 Å². The van der Waals surface area contributed by atoms with Gasteiger partial charge in [0.25, 0.3) is 5.56 Å². The Morgan fingerprint density at radius 1 is 0.963 bits per heavy atom. The van der Waals surface area contributed by atoms with Crippen LogP contribution in [0.15, 0.2) is 70.3 Å². The molecule has 7 heteroatoms. The van der Waals surface area contributed by atoms with Gasteiger partial charge in [0.1, 0.15) is 6.54 Å². The second-order valence-electron chi connectivity index (χ2n) is 6.10. The van der Waals surface area contributed by atoms with Crippen molar-refractivity contribution in [3.8, 4) is 0 Å². The third kappa shape index (κ3) is 3.99. The van der Waals surface area contributed by atoms with Crippen LogP contribution in [0.4, 0.5) is 0 Å². The zero-order valence-corrected chi connectivity index (χ0v) is 16.1. The Hall–Kier alpha value is -2.77. The molecule has 0 atom stereocenters. The maximum Gasteiger partial charge on any atom is 0.275 e. The Kier molecular flexibility index (Phi) is 5.13. The molecule has 4 rings (SSSR count). The van der Waals surface area contributed by atoms with Gasteiger partial charge in [-0.25, -0.2) is 4.68 Å². The van der Waals surface area contributed by atoms with Gasteiger partial charge in [-0.2, -0.15) is 5.10 Å². The molecule has 3 heterocycles.